The van der Waals surface area contributed by atoms with Crippen molar-refractivity contribution in [3.05, 3.63) is 73.6 Å². The summed E-state index contributed by atoms with van der Waals surface area (Å²) in [4.78, 5) is 0. The molecule has 0 spiro atoms. The van der Waals surface area contributed by atoms with Gasteiger partial charge in [0, 0.05) is 37.1 Å². The molecule has 0 radical (unpaired) electrons. The predicted octanol–water partition coefficient (Wildman–Crippen LogP) is 5.37. The van der Waals surface area contributed by atoms with Crippen LogP contribution in [-0.4, -0.2) is 0 Å². The van der Waals surface area contributed by atoms with Crippen LogP contribution in [0.4, 0.5) is 0 Å². The smallest absolute Gasteiger partial charge is 0.205 e. The van der Waals surface area contributed by atoms with Crippen LogP contribution in [0.3, 0.4) is 0 Å². The summed E-state index contributed by atoms with van der Waals surface area (Å²) in [5.74, 6) is 0. The quantitative estimate of drug-likeness (QED) is 0.284. The van der Waals surface area contributed by atoms with Crippen LogP contribution in [0.5, 0.6) is 0 Å². The van der Waals surface area contributed by atoms with E-state index in [1.165, 1.54) is 68.2 Å². The first kappa shape index (κ1) is 22.1. The molecule has 0 bridgehead atoms. The fourth-order valence-corrected chi connectivity index (χ4v) is 3.80. The summed E-state index contributed by atoms with van der Waals surface area (Å²) in [5.41, 5.74) is 3.72. The van der Waals surface area contributed by atoms with Crippen LogP contribution in [0.25, 0.3) is 16.8 Å². The van der Waals surface area contributed by atoms with Gasteiger partial charge in [0.15, 0.2) is 37.2 Å². The maximum absolute atomic E-state index is 2.30. The molecule has 0 amide bonds. The molecule has 0 saturated heterocycles. The first-order valence-electron chi connectivity index (χ1n) is 11.8. The summed E-state index contributed by atoms with van der Waals surface area (Å²) in [6, 6.07) is 13.2. The van der Waals surface area contributed by atoms with Gasteiger partial charge < -0.3 is 0 Å². The molecule has 0 aromatic carbocycles. The van der Waals surface area contributed by atoms with Crippen molar-refractivity contribution in [2.45, 2.75) is 78.3 Å². The Bertz CT molecular complexity index is 778. The topological polar surface area (TPSA) is 11.6 Å². The van der Waals surface area contributed by atoms with Gasteiger partial charge in [-0.05, 0) is 24.0 Å². The standard InChI is InChI=1S/C27H38N3/c1-3-5-7-9-17-28-19-11-25(12-20-28)26-13-23-30(24-14-26)27-15-21-29(22-16-27)18-10-8-6-4-2/h11-16,19-24H,3-10,17-18H2,1-2H3/q+3. The Labute approximate surface area is 182 Å². The zero-order chi connectivity index (χ0) is 21.0. The molecule has 3 aromatic rings. The maximum atomic E-state index is 2.30. The van der Waals surface area contributed by atoms with Gasteiger partial charge in [-0.15, -0.1) is 0 Å². The van der Waals surface area contributed by atoms with Crippen molar-refractivity contribution < 1.29 is 13.7 Å². The number of aryl methyl sites for hydroxylation is 2. The number of hydrogen-bond acceptors (Lipinski definition) is 0. The molecule has 3 rings (SSSR count). The number of rotatable bonds is 12. The van der Waals surface area contributed by atoms with Gasteiger partial charge >= 0.3 is 0 Å². The van der Waals surface area contributed by atoms with Crippen molar-refractivity contribution in [3.63, 3.8) is 0 Å². The summed E-state index contributed by atoms with van der Waals surface area (Å²) in [6.07, 6.45) is 23.5. The lowest BCUT2D eigenvalue weighted by Gasteiger charge is -2.02. The Morgan fingerprint density at radius 3 is 1.40 bits per heavy atom. The van der Waals surface area contributed by atoms with E-state index in [0.29, 0.717) is 0 Å². The fraction of sp³-hybridized carbons (Fsp3) is 0.444. The SMILES string of the molecule is CCCCCC[n+]1ccc(-c2cc[n+](-c3cc[n+](CCCCCC)cc3)cc2)cc1. The monoisotopic (exact) mass is 404 g/mol. The van der Waals surface area contributed by atoms with E-state index >= 15 is 0 Å². The van der Waals surface area contributed by atoms with E-state index in [9.17, 15) is 0 Å². The third kappa shape index (κ3) is 6.76. The van der Waals surface area contributed by atoms with Crippen LogP contribution in [0.1, 0.15) is 65.2 Å². The van der Waals surface area contributed by atoms with Gasteiger partial charge in [-0.25, -0.2) is 9.13 Å². The van der Waals surface area contributed by atoms with Crippen molar-refractivity contribution >= 4 is 0 Å². The number of pyridine rings is 3. The minimum atomic E-state index is 1.11. The molecule has 0 saturated carbocycles. The molecule has 30 heavy (non-hydrogen) atoms. The minimum absolute atomic E-state index is 1.11. The van der Waals surface area contributed by atoms with Gasteiger partial charge in [0.05, 0.1) is 12.1 Å². The van der Waals surface area contributed by atoms with E-state index in [-0.39, 0.29) is 0 Å². The number of aromatic nitrogens is 3. The number of hydrogen-bond donors (Lipinski definition) is 0. The first-order chi connectivity index (χ1) is 14.8. The van der Waals surface area contributed by atoms with Crippen LogP contribution in [0.15, 0.2) is 73.6 Å². The molecule has 158 valence electrons. The molecule has 3 nitrogen and oxygen atoms in total. The molecule has 3 aromatic heterocycles. The molecule has 3 heteroatoms. The van der Waals surface area contributed by atoms with Crippen molar-refractivity contribution in [1.29, 1.82) is 0 Å². The highest BCUT2D eigenvalue weighted by atomic mass is 15.0. The third-order valence-electron chi connectivity index (χ3n) is 5.77. The minimum Gasteiger partial charge on any atom is -0.205 e. The van der Waals surface area contributed by atoms with E-state index in [4.69, 9.17) is 0 Å². The lowest BCUT2D eigenvalue weighted by molar-refractivity contribution is -0.699. The molecule has 0 N–H and O–H groups in total. The molecule has 0 unspecified atom stereocenters. The molecule has 0 aliphatic rings. The zero-order valence-corrected chi connectivity index (χ0v) is 18.8. The van der Waals surface area contributed by atoms with Crippen LogP contribution >= 0.6 is 0 Å². The Balaban J connectivity index is 1.56. The second-order valence-corrected chi connectivity index (χ2v) is 8.23. The van der Waals surface area contributed by atoms with Gasteiger partial charge in [0.1, 0.15) is 13.1 Å². The van der Waals surface area contributed by atoms with Gasteiger partial charge in [0.25, 0.3) is 0 Å². The van der Waals surface area contributed by atoms with Crippen molar-refractivity contribution in [2.24, 2.45) is 0 Å². The molecular weight excluding hydrogens is 366 g/mol. The Morgan fingerprint density at radius 1 is 0.500 bits per heavy atom. The van der Waals surface area contributed by atoms with E-state index in [0.717, 1.165) is 13.1 Å². The normalized spacial score (nSPS) is 11.0. The van der Waals surface area contributed by atoms with Gasteiger partial charge in [-0.1, -0.05) is 39.5 Å². The molecule has 3 heterocycles. The first-order valence-corrected chi connectivity index (χ1v) is 11.8. The highest BCUT2D eigenvalue weighted by Gasteiger charge is 2.10. The molecule has 0 atom stereocenters. The van der Waals surface area contributed by atoms with E-state index in [1.807, 2.05) is 0 Å². The summed E-state index contributed by atoms with van der Waals surface area (Å²) < 4.78 is 6.76. The largest absolute Gasteiger partial charge is 0.222 e. The zero-order valence-electron chi connectivity index (χ0n) is 18.8. The van der Waals surface area contributed by atoms with Crippen LogP contribution < -0.4 is 13.7 Å². The summed E-state index contributed by atoms with van der Waals surface area (Å²) in [6.45, 7) is 6.74. The Hall–Kier alpha value is -2.55. The average molecular weight is 405 g/mol. The second kappa shape index (κ2) is 12.2. The van der Waals surface area contributed by atoms with E-state index in [2.05, 4.69) is 101 Å². The molecule has 0 fully saturated rings. The van der Waals surface area contributed by atoms with Crippen molar-refractivity contribution in [2.75, 3.05) is 0 Å². The highest BCUT2D eigenvalue weighted by Crippen LogP contribution is 2.16. The van der Waals surface area contributed by atoms with Crippen molar-refractivity contribution in [3.8, 4) is 16.8 Å². The lowest BCUT2D eigenvalue weighted by atomic mass is 10.1. The summed E-state index contributed by atoms with van der Waals surface area (Å²) in [5, 5.41) is 0. The van der Waals surface area contributed by atoms with E-state index < -0.39 is 0 Å². The molecular formula is C27H38N3+3. The van der Waals surface area contributed by atoms with Crippen molar-refractivity contribution in [1.82, 2.24) is 0 Å². The third-order valence-corrected chi connectivity index (χ3v) is 5.77. The fourth-order valence-electron chi connectivity index (χ4n) is 3.80. The van der Waals surface area contributed by atoms with Gasteiger partial charge in [-0.2, -0.15) is 4.57 Å². The van der Waals surface area contributed by atoms with Crippen LogP contribution in [0.2, 0.25) is 0 Å². The second-order valence-electron chi connectivity index (χ2n) is 8.23. The average Bonchev–Trinajstić information content (AvgIpc) is 2.81. The highest BCUT2D eigenvalue weighted by molar-refractivity contribution is 5.61. The van der Waals surface area contributed by atoms with E-state index in [1.54, 1.807) is 0 Å². The number of unbranched alkanes of at least 4 members (excludes halogenated alkanes) is 6. The van der Waals surface area contributed by atoms with Crippen LogP contribution in [-0.2, 0) is 13.1 Å². The van der Waals surface area contributed by atoms with Gasteiger partial charge in [-0.3, -0.25) is 0 Å². The Morgan fingerprint density at radius 2 is 0.933 bits per heavy atom. The van der Waals surface area contributed by atoms with Gasteiger partial charge in [0.2, 0.25) is 5.69 Å². The predicted molar refractivity (Wildman–Crippen MR) is 122 cm³/mol. The molecule has 0 aliphatic heterocycles. The van der Waals surface area contributed by atoms with Crippen LogP contribution in [0, 0.1) is 0 Å². The maximum Gasteiger partial charge on any atom is 0.222 e. The number of nitrogens with zero attached hydrogens (tertiary/aromatic N) is 3. The Kier molecular flexibility index (Phi) is 9.02. The lowest BCUT2D eigenvalue weighted by Crippen LogP contribution is -2.35. The molecule has 0 aliphatic carbocycles. The summed E-state index contributed by atoms with van der Waals surface area (Å²) in [7, 11) is 0. The summed E-state index contributed by atoms with van der Waals surface area (Å²) >= 11 is 0.